The normalized spacial score (nSPS) is 15.7. The van der Waals surface area contributed by atoms with E-state index in [1.54, 1.807) is 4.90 Å². The number of hydrogen-bond donors (Lipinski definition) is 1. The highest BCUT2D eigenvalue weighted by molar-refractivity contribution is 5.72. The van der Waals surface area contributed by atoms with Gasteiger partial charge in [-0.2, -0.15) is 5.26 Å². The molecule has 1 fully saturated rings. The van der Waals surface area contributed by atoms with Crippen LogP contribution in [0.3, 0.4) is 0 Å². The molecule has 1 aliphatic heterocycles. The largest absolute Gasteiger partial charge is 0.415 e. The van der Waals surface area contributed by atoms with Crippen molar-refractivity contribution >= 4 is 6.09 Å². The number of benzene rings is 1. The lowest BCUT2D eigenvalue weighted by Gasteiger charge is -2.42. The standard InChI is InChI=1S/C17H21F2N3O2/c1-17(2,3)22(11-4-6-21-7-5-11)16(23)24-12-8-14(18)13(10-20)15(19)9-12/h8-9,11,21H,4-7H2,1-3H3. The second kappa shape index (κ2) is 7.14. The molecule has 0 atom stereocenters. The van der Waals surface area contributed by atoms with Crippen molar-refractivity contribution in [1.82, 2.24) is 10.2 Å². The van der Waals surface area contributed by atoms with Crippen LogP contribution in [0.25, 0.3) is 0 Å². The lowest BCUT2D eigenvalue weighted by atomic mass is 9.98. The topological polar surface area (TPSA) is 65.4 Å². The summed E-state index contributed by atoms with van der Waals surface area (Å²) in [6, 6.07) is 3.13. The van der Waals surface area contributed by atoms with Gasteiger partial charge in [0, 0.05) is 23.7 Å². The number of nitrogens with one attached hydrogen (secondary N) is 1. The zero-order valence-corrected chi connectivity index (χ0v) is 14.0. The van der Waals surface area contributed by atoms with Crippen molar-refractivity contribution in [2.24, 2.45) is 0 Å². The summed E-state index contributed by atoms with van der Waals surface area (Å²) in [5.74, 6) is -2.36. The maximum Gasteiger partial charge on any atom is 0.415 e. The zero-order valence-electron chi connectivity index (χ0n) is 14.0. The van der Waals surface area contributed by atoms with Gasteiger partial charge >= 0.3 is 6.09 Å². The molecule has 24 heavy (non-hydrogen) atoms. The number of carbonyl (C=O) groups is 1. The summed E-state index contributed by atoms with van der Waals surface area (Å²) in [6.45, 7) is 7.25. The molecule has 0 aromatic heterocycles. The minimum Gasteiger partial charge on any atom is -0.410 e. The van der Waals surface area contributed by atoms with Gasteiger partial charge in [-0.1, -0.05) is 0 Å². The third-order valence-electron chi connectivity index (χ3n) is 3.93. The van der Waals surface area contributed by atoms with Gasteiger partial charge in [0.05, 0.1) is 0 Å². The highest BCUT2D eigenvalue weighted by Gasteiger charge is 2.35. The first-order valence-corrected chi connectivity index (χ1v) is 7.85. The van der Waals surface area contributed by atoms with Gasteiger partial charge in [0.1, 0.15) is 29.0 Å². The van der Waals surface area contributed by atoms with E-state index < -0.39 is 28.8 Å². The van der Waals surface area contributed by atoms with E-state index in [1.807, 2.05) is 20.8 Å². The Labute approximate surface area is 140 Å². The molecular formula is C17H21F2N3O2. The molecule has 0 bridgehead atoms. The van der Waals surface area contributed by atoms with Crippen LogP contribution in [0.1, 0.15) is 39.2 Å². The molecule has 130 valence electrons. The Balaban J connectivity index is 2.23. The number of hydrogen-bond acceptors (Lipinski definition) is 4. The average molecular weight is 337 g/mol. The zero-order chi connectivity index (χ0) is 17.9. The van der Waals surface area contributed by atoms with Gasteiger partial charge in [0.2, 0.25) is 0 Å². The molecule has 7 heteroatoms. The van der Waals surface area contributed by atoms with Gasteiger partial charge in [-0.15, -0.1) is 0 Å². The highest BCUT2D eigenvalue weighted by atomic mass is 19.1. The van der Waals surface area contributed by atoms with Crippen LogP contribution in [0, 0.1) is 23.0 Å². The molecule has 1 N–H and O–H groups in total. The Morgan fingerprint density at radius 1 is 1.29 bits per heavy atom. The summed E-state index contributed by atoms with van der Waals surface area (Å²) in [6.07, 6.45) is 0.906. The monoisotopic (exact) mass is 337 g/mol. The number of amides is 1. The van der Waals surface area contributed by atoms with E-state index in [4.69, 9.17) is 10.00 Å². The molecule has 0 aliphatic carbocycles. The summed E-state index contributed by atoms with van der Waals surface area (Å²) in [5, 5.41) is 11.9. The minimum atomic E-state index is -1.05. The maximum atomic E-state index is 13.7. The molecule has 5 nitrogen and oxygen atoms in total. The van der Waals surface area contributed by atoms with Crippen LogP contribution in [0.15, 0.2) is 12.1 Å². The van der Waals surface area contributed by atoms with E-state index in [-0.39, 0.29) is 11.8 Å². The van der Waals surface area contributed by atoms with Crippen LogP contribution in [0.4, 0.5) is 13.6 Å². The molecule has 2 rings (SSSR count). The van der Waals surface area contributed by atoms with Crippen LogP contribution >= 0.6 is 0 Å². The summed E-state index contributed by atoms with van der Waals surface area (Å²) in [7, 11) is 0. The predicted molar refractivity (Wildman–Crippen MR) is 84.6 cm³/mol. The third kappa shape index (κ3) is 4.01. The Kier molecular flexibility index (Phi) is 5.40. The van der Waals surface area contributed by atoms with Crippen LogP contribution < -0.4 is 10.1 Å². The molecule has 1 aromatic carbocycles. The third-order valence-corrected chi connectivity index (χ3v) is 3.93. The number of nitriles is 1. The number of halogens is 2. The van der Waals surface area contributed by atoms with Crippen molar-refractivity contribution in [3.05, 3.63) is 29.3 Å². The summed E-state index contributed by atoms with van der Waals surface area (Å²) in [4.78, 5) is 14.2. The molecule has 0 saturated carbocycles. The minimum absolute atomic E-state index is 0.00757. The van der Waals surface area contributed by atoms with Crippen molar-refractivity contribution in [1.29, 1.82) is 5.26 Å². The number of nitrogens with zero attached hydrogens (tertiary/aromatic N) is 2. The Hall–Kier alpha value is -2.20. The Bertz CT molecular complexity index is 636. The number of rotatable bonds is 2. The second-order valence-corrected chi connectivity index (χ2v) is 6.76. The molecule has 0 spiro atoms. The SMILES string of the molecule is CC(C)(C)N(C(=O)Oc1cc(F)c(C#N)c(F)c1)C1CCNCC1. The Morgan fingerprint density at radius 2 is 1.83 bits per heavy atom. The molecule has 1 heterocycles. The lowest BCUT2D eigenvalue weighted by molar-refractivity contribution is 0.0643. The van der Waals surface area contributed by atoms with E-state index >= 15 is 0 Å². The van der Waals surface area contributed by atoms with Crippen molar-refractivity contribution < 1.29 is 18.3 Å². The second-order valence-electron chi connectivity index (χ2n) is 6.76. The first kappa shape index (κ1) is 18.1. The van der Waals surface area contributed by atoms with Gasteiger partial charge in [-0.05, 0) is 46.7 Å². The molecule has 1 amide bonds. The van der Waals surface area contributed by atoms with E-state index in [0.29, 0.717) is 0 Å². The van der Waals surface area contributed by atoms with E-state index in [9.17, 15) is 13.6 Å². The maximum absolute atomic E-state index is 13.7. The smallest absolute Gasteiger partial charge is 0.410 e. The fourth-order valence-corrected chi connectivity index (χ4v) is 2.90. The Morgan fingerprint density at radius 3 is 2.29 bits per heavy atom. The van der Waals surface area contributed by atoms with Gasteiger partial charge in [-0.25, -0.2) is 13.6 Å². The van der Waals surface area contributed by atoms with Crippen LogP contribution in [-0.2, 0) is 0 Å². The van der Waals surface area contributed by atoms with Gasteiger partial charge in [0.15, 0.2) is 0 Å². The molecule has 1 aromatic rings. The van der Waals surface area contributed by atoms with Crippen molar-refractivity contribution in [3.63, 3.8) is 0 Å². The number of carbonyl (C=O) groups excluding carboxylic acids is 1. The number of piperidine rings is 1. The fourth-order valence-electron chi connectivity index (χ4n) is 2.90. The van der Waals surface area contributed by atoms with Crippen molar-refractivity contribution in [2.75, 3.05) is 13.1 Å². The van der Waals surface area contributed by atoms with Crippen molar-refractivity contribution in [3.8, 4) is 11.8 Å². The van der Waals surface area contributed by atoms with E-state index in [0.717, 1.165) is 38.1 Å². The first-order valence-electron chi connectivity index (χ1n) is 7.85. The van der Waals surface area contributed by atoms with Gasteiger partial charge < -0.3 is 10.1 Å². The molecule has 1 aliphatic rings. The summed E-state index contributed by atoms with van der Waals surface area (Å²) in [5.41, 5.74) is -1.19. The lowest BCUT2D eigenvalue weighted by Crippen LogP contribution is -2.55. The molecule has 0 radical (unpaired) electrons. The van der Waals surface area contributed by atoms with E-state index in [1.165, 1.54) is 6.07 Å². The van der Waals surface area contributed by atoms with Gasteiger partial charge in [0.25, 0.3) is 0 Å². The summed E-state index contributed by atoms with van der Waals surface area (Å²) >= 11 is 0. The van der Waals surface area contributed by atoms with Gasteiger partial charge in [-0.3, -0.25) is 4.90 Å². The fraction of sp³-hybridized carbons (Fsp3) is 0.529. The summed E-state index contributed by atoms with van der Waals surface area (Å²) < 4.78 is 32.5. The van der Waals surface area contributed by atoms with Crippen LogP contribution in [0.2, 0.25) is 0 Å². The molecular weight excluding hydrogens is 316 g/mol. The average Bonchev–Trinajstić information content (AvgIpc) is 2.46. The van der Waals surface area contributed by atoms with E-state index in [2.05, 4.69) is 5.32 Å². The molecule has 1 saturated heterocycles. The van der Waals surface area contributed by atoms with Crippen molar-refractivity contribution in [2.45, 2.75) is 45.2 Å². The quantitative estimate of drug-likeness (QED) is 0.900. The van der Waals surface area contributed by atoms with Crippen LogP contribution in [0.5, 0.6) is 5.75 Å². The first-order chi connectivity index (χ1) is 11.2. The number of ether oxygens (including phenoxy) is 1. The predicted octanol–water partition coefficient (Wildman–Crippen LogP) is 3.19. The highest BCUT2D eigenvalue weighted by Crippen LogP contribution is 2.26. The molecule has 0 unspecified atom stereocenters. The van der Waals surface area contributed by atoms with Crippen LogP contribution in [-0.4, -0.2) is 35.7 Å².